The number of hydrogen-bond donors (Lipinski definition) is 1. The highest BCUT2D eigenvalue weighted by atomic mass is 32.1. The zero-order chi connectivity index (χ0) is 12.1. The molecule has 0 aliphatic carbocycles. The molecule has 0 fully saturated rings. The molecule has 0 amide bonds. The van der Waals surface area contributed by atoms with Crippen molar-refractivity contribution < 1.29 is 9.53 Å². The Labute approximate surface area is 103 Å². The van der Waals surface area contributed by atoms with Crippen molar-refractivity contribution in [2.75, 3.05) is 12.3 Å². The van der Waals surface area contributed by atoms with Gasteiger partial charge < -0.3 is 10.5 Å². The fourth-order valence-electron chi connectivity index (χ4n) is 1.36. The van der Waals surface area contributed by atoms with Crippen LogP contribution in [-0.2, 0) is 22.5 Å². The molecule has 0 aromatic carbocycles. The lowest BCUT2D eigenvalue weighted by Crippen LogP contribution is -2.15. The number of aromatic nitrogens is 2. The summed E-state index contributed by atoms with van der Waals surface area (Å²) in [7, 11) is 0. The average Bonchev–Trinajstić information content (AvgIpc) is 2.90. The fourth-order valence-corrected chi connectivity index (χ4v) is 2.06. The summed E-state index contributed by atoms with van der Waals surface area (Å²) in [6.45, 7) is 0.493. The van der Waals surface area contributed by atoms with Gasteiger partial charge in [0.1, 0.15) is 6.54 Å². The van der Waals surface area contributed by atoms with Crippen LogP contribution in [0.1, 0.15) is 5.56 Å². The SMILES string of the molecule is Nc1cnn(CC(=O)OCCc2ccsc2)c1. The molecule has 6 heteroatoms. The zero-order valence-corrected chi connectivity index (χ0v) is 10.0. The first-order chi connectivity index (χ1) is 8.24. The van der Waals surface area contributed by atoms with Crippen LogP contribution in [0, 0.1) is 0 Å². The minimum atomic E-state index is -0.302. The highest BCUT2D eigenvalue weighted by Crippen LogP contribution is 2.06. The molecule has 0 spiro atoms. The number of ether oxygens (including phenoxy) is 1. The molecule has 90 valence electrons. The van der Waals surface area contributed by atoms with E-state index >= 15 is 0 Å². The van der Waals surface area contributed by atoms with Gasteiger partial charge in [-0.1, -0.05) is 0 Å². The Hall–Kier alpha value is -1.82. The van der Waals surface area contributed by atoms with Crippen LogP contribution in [0.5, 0.6) is 0 Å². The highest BCUT2D eigenvalue weighted by Gasteiger charge is 2.05. The first-order valence-electron chi connectivity index (χ1n) is 5.18. The molecule has 2 N–H and O–H groups in total. The van der Waals surface area contributed by atoms with Crippen molar-refractivity contribution in [1.82, 2.24) is 9.78 Å². The third-order valence-electron chi connectivity index (χ3n) is 2.18. The third kappa shape index (κ3) is 3.60. The third-order valence-corrected chi connectivity index (χ3v) is 2.91. The highest BCUT2D eigenvalue weighted by molar-refractivity contribution is 7.07. The minimum Gasteiger partial charge on any atom is -0.464 e. The summed E-state index contributed by atoms with van der Waals surface area (Å²) in [6, 6.07) is 2.02. The van der Waals surface area contributed by atoms with Gasteiger partial charge in [0, 0.05) is 12.6 Å². The van der Waals surface area contributed by atoms with Crippen molar-refractivity contribution in [3.05, 3.63) is 34.8 Å². The first-order valence-corrected chi connectivity index (χ1v) is 6.13. The lowest BCUT2D eigenvalue weighted by Gasteiger charge is -2.03. The van der Waals surface area contributed by atoms with Gasteiger partial charge in [-0.15, -0.1) is 0 Å². The summed E-state index contributed by atoms with van der Waals surface area (Å²) < 4.78 is 6.55. The quantitative estimate of drug-likeness (QED) is 0.813. The Kier molecular flexibility index (Phi) is 3.77. The topological polar surface area (TPSA) is 70.1 Å². The lowest BCUT2D eigenvalue weighted by atomic mass is 10.3. The van der Waals surface area contributed by atoms with E-state index < -0.39 is 0 Å². The summed E-state index contributed by atoms with van der Waals surface area (Å²) >= 11 is 1.64. The summed E-state index contributed by atoms with van der Waals surface area (Å²) in [5.74, 6) is -0.302. The molecule has 0 atom stereocenters. The summed E-state index contributed by atoms with van der Waals surface area (Å²) in [6.07, 6.45) is 3.84. The summed E-state index contributed by atoms with van der Waals surface area (Å²) in [5, 5.41) is 7.95. The van der Waals surface area contributed by atoms with Gasteiger partial charge >= 0.3 is 5.97 Å². The predicted molar refractivity (Wildman–Crippen MR) is 65.6 cm³/mol. The molecule has 5 nitrogen and oxygen atoms in total. The second-order valence-electron chi connectivity index (χ2n) is 3.57. The summed E-state index contributed by atoms with van der Waals surface area (Å²) in [5.41, 5.74) is 7.21. The van der Waals surface area contributed by atoms with Crippen LogP contribution >= 0.6 is 11.3 Å². The normalized spacial score (nSPS) is 10.4. The molecule has 0 saturated carbocycles. The van der Waals surface area contributed by atoms with Crippen LogP contribution in [0.15, 0.2) is 29.2 Å². The molecule has 0 saturated heterocycles. The van der Waals surface area contributed by atoms with E-state index in [-0.39, 0.29) is 12.5 Å². The molecule has 0 radical (unpaired) electrons. The Morgan fingerprint density at radius 3 is 3.12 bits per heavy atom. The Morgan fingerprint density at radius 1 is 1.59 bits per heavy atom. The number of thiophene rings is 1. The molecule has 2 aromatic rings. The van der Waals surface area contributed by atoms with Crippen molar-refractivity contribution in [3.63, 3.8) is 0 Å². The maximum Gasteiger partial charge on any atom is 0.327 e. The van der Waals surface area contributed by atoms with E-state index in [1.807, 2.05) is 16.8 Å². The second-order valence-corrected chi connectivity index (χ2v) is 4.35. The van der Waals surface area contributed by atoms with Gasteiger partial charge in [-0.25, -0.2) is 0 Å². The van der Waals surface area contributed by atoms with E-state index in [4.69, 9.17) is 10.5 Å². The van der Waals surface area contributed by atoms with Crippen molar-refractivity contribution in [3.8, 4) is 0 Å². The number of nitrogen functional groups attached to an aromatic ring is 1. The number of hydrogen-bond acceptors (Lipinski definition) is 5. The van der Waals surface area contributed by atoms with Crippen LogP contribution in [-0.4, -0.2) is 22.4 Å². The zero-order valence-electron chi connectivity index (χ0n) is 9.20. The van der Waals surface area contributed by atoms with Gasteiger partial charge in [-0.05, 0) is 22.4 Å². The molecular weight excluding hydrogens is 238 g/mol. The maximum atomic E-state index is 11.4. The number of rotatable bonds is 5. The monoisotopic (exact) mass is 251 g/mol. The van der Waals surface area contributed by atoms with Crippen LogP contribution in [0.25, 0.3) is 0 Å². The van der Waals surface area contributed by atoms with Gasteiger partial charge in [0.25, 0.3) is 0 Å². The molecule has 0 unspecified atom stereocenters. The van der Waals surface area contributed by atoms with E-state index in [1.54, 1.807) is 17.5 Å². The fraction of sp³-hybridized carbons (Fsp3) is 0.273. The molecule has 0 bridgehead atoms. The number of carbonyl (C=O) groups excluding carboxylic acids is 1. The van der Waals surface area contributed by atoms with Crippen LogP contribution in [0.3, 0.4) is 0 Å². The maximum absolute atomic E-state index is 11.4. The van der Waals surface area contributed by atoms with Gasteiger partial charge in [-0.2, -0.15) is 16.4 Å². The largest absolute Gasteiger partial charge is 0.464 e. The van der Waals surface area contributed by atoms with Crippen molar-refractivity contribution in [2.45, 2.75) is 13.0 Å². The van der Waals surface area contributed by atoms with E-state index in [0.717, 1.165) is 6.42 Å². The van der Waals surface area contributed by atoms with Crippen molar-refractivity contribution in [1.29, 1.82) is 0 Å². The minimum absolute atomic E-state index is 0.0981. The molecule has 2 aromatic heterocycles. The number of carbonyl (C=O) groups is 1. The van der Waals surface area contributed by atoms with Gasteiger partial charge in [0.15, 0.2) is 0 Å². The predicted octanol–water partition coefficient (Wildman–Crippen LogP) is 1.31. The number of nitrogens with two attached hydrogens (primary N) is 1. The Bertz CT molecular complexity index is 479. The van der Waals surface area contributed by atoms with Crippen molar-refractivity contribution >= 4 is 23.0 Å². The number of anilines is 1. The van der Waals surface area contributed by atoms with Gasteiger partial charge in [0.2, 0.25) is 0 Å². The van der Waals surface area contributed by atoms with Crippen LogP contribution < -0.4 is 5.73 Å². The Balaban J connectivity index is 1.71. The number of nitrogens with zero attached hydrogens (tertiary/aromatic N) is 2. The summed E-state index contributed by atoms with van der Waals surface area (Å²) in [4.78, 5) is 11.4. The molecule has 17 heavy (non-hydrogen) atoms. The van der Waals surface area contributed by atoms with E-state index in [1.165, 1.54) is 16.4 Å². The van der Waals surface area contributed by atoms with Gasteiger partial charge in [-0.3, -0.25) is 9.48 Å². The number of esters is 1. The Morgan fingerprint density at radius 2 is 2.47 bits per heavy atom. The van der Waals surface area contributed by atoms with E-state index in [0.29, 0.717) is 12.3 Å². The van der Waals surface area contributed by atoms with Crippen molar-refractivity contribution in [2.24, 2.45) is 0 Å². The standard InChI is InChI=1S/C11H13N3O2S/c12-10-5-13-14(6-10)7-11(15)16-3-1-9-2-4-17-8-9/h2,4-6,8H,1,3,7,12H2. The molecular formula is C11H13N3O2S. The van der Waals surface area contributed by atoms with E-state index in [2.05, 4.69) is 5.10 Å². The lowest BCUT2D eigenvalue weighted by molar-refractivity contribution is -0.144. The first kappa shape index (κ1) is 11.7. The van der Waals surface area contributed by atoms with Crippen LogP contribution in [0.2, 0.25) is 0 Å². The van der Waals surface area contributed by atoms with Crippen LogP contribution in [0.4, 0.5) is 5.69 Å². The molecule has 0 aliphatic heterocycles. The average molecular weight is 251 g/mol. The molecule has 0 aliphatic rings. The molecule has 2 heterocycles. The van der Waals surface area contributed by atoms with Gasteiger partial charge in [0.05, 0.1) is 18.5 Å². The smallest absolute Gasteiger partial charge is 0.327 e. The molecule has 2 rings (SSSR count). The van der Waals surface area contributed by atoms with E-state index in [9.17, 15) is 4.79 Å². The second kappa shape index (κ2) is 5.49.